The van der Waals surface area contributed by atoms with Gasteiger partial charge in [0.05, 0.1) is 19.3 Å². The van der Waals surface area contributed by atoms with Crippen LogP contribution in [0.1, 0.15) is 19.3 Å². The molecule has 1 aromatic carbocycles. The fraction of sp³-hybridized carbons (Fsp3) is 0.467. The Morgan fingerprint density at radius 2 is 2.00 bits per heavy atom. The molecule has 0 atom stereocenters. The third-order valence-electron chi connectivity index (χ3n) is 3.30. The standard InChI is InChI=1S/C15H19NO4S/c1-20-12-4-6-13(7-5-12)21-10-14(17)16(11-2-3-11)9-8-15(18)19/h4-7,11H,2-3,8-10H2,1H3,(H,18,19). The van der Waals surface area contributed by atoms with Crippen molar-refractivity contribution >= 4 is 23.6 Å². The Morgan fingerprint density at radius 1 is 1.33 bits per heavy atom. The summed E-state index contributed by atoms with van der Waals surface area (Å²) in [6.07, 6.45) is 1.98. The maximum Gasteiger partial charge on any atom is 0.305 e. The maximum atomic E-state index is 12.2. The lowest BCUT2D eigenvalue weighted by atomic mass is 10.3. The molecular formula is C15H19NO4S. The van der Waals surface area contributed by atoms with E-state index in [1.807, 2.05) is 24.3 Å². The van der Waals surface area contributed by atoms with Crippen LogP contribution < -0.4 is 4.74 Å². The van der Waals surface area contributed by atoms with E-state index in [2.05, 4.69) is 0 Å². The van der Waals surface area contributed by atoms with Gasteiger partial charge in [0.1, 0.15) is 5.75 Å². The van der Waals surface area contributed by atoms with Crippen molar-refractivity contribution in [2.45, 2.75) is 30.2 Å². The fourth-order valence-electron chi connectivity index (χ4n) is 2.01. The predicted octanol–water partition coefficient (Wildman–Crippen LogP) is 2.25. The van der Waals surface area contributed by atoms with Crippen molar-refractivity contribution in [3.8, 4) is 5.75 Å². The molecule has 6 heteroatoms. The molecule has 1 aliphatic rings. The van der Waals surface area contributed by atoms with Crippen molar-refractivity contribution in [2.24, 2.45) is 0 Å². The zero-order valence-electron chi connectivity index (χ0n) is 11.9. The van der Waals surface area contributed by atoms with E-state index in [1.165, 1.54) is 11.8 Å². The summed E-state index contributed by atoms with van der Waals surface area (Å²) in [4.78, 5) is 25.6. The quantitative estimate of drug-likeness (QED) is 0.746. The van der Waals surface area contributed by atoms with E-state index in [4.69, 9.17) is 9.84 Å². The largest absolute Gasteiger partial charge is 0.497 e. The third kappa shape index (κ3) is 4.97. The van der Waals surface area contributed by atoms with E-state index in [1.54, 1.807) is 12.0 Å². The first-order valence-electron chi connectivity index (χ1n) is 6.88. The van der Waals surface area contributed by atoms with Gasteiger partial charge in [-0.25, -0.2) is 0 Å². The van der Waals surface area contributed by atoms with Crippen molar-refractivity contribution in [1.82, 2.24) is 4.90 Å². The lowest BCUT2D eigenvalue weighted by Gasteiger charge is -2.21. The van der Waals surface area contributed by atoms with Crippen molar-refractivity contribution < 1.29 is 19.4 Å². The Morgan fingerprint density at radius 3 is 2.52 bits per heavy atom. The number of hydrogen-bond acceptors (Lipinski definition) is 4. The summed E-state index contributed by atoms with van der Waals surface area (Å²) in [6.45, 7) is 0.308. The first kappa shape index (κ1) is 15.7. The van der Waals surface area contributed by atoms with Crippen LogP contribution in [0.25, 0.3) is 0 Å². The highest BCUT2D eigenvalue weighted by molar-refractivity contribution is 8.00. The van der Waals surface area contributed by atoms with Crippen molar-refractivity contribution in [1.29, 1.82) is 0 Å². The summed E-state index contributed by atoms with van der Waals surface area (Å²) in [5, 5.41) is 8.75. The number of nitrogens with zero attached hydrogens (tertiary/aromatic N) is 1. The first-order valence-corrected chi connectivity index (χ1v) is 7.87. The lowest BCUT2D eigenvalue weighted by molar-refractivity contribution is -0.138. The second kappa shape index (κ2) is 7.36. The average Bonchev–Trinajstić information content (AvgIpc) is 3.30. The molecule has 114 valence electrons. The molecule has 21 heavy (non-hydrogen) atoms. The van der Waals surface area contributed by atoms with E-state index < -0.39 is 5.97 Å². The molecule has 1 amide bonds. The molecule has 0 unspecified atom stereocenters. The third-order valence-corrected chi connectivity index (χ3v) is 4.29. The minimum absolute atomic E-state index is 0.00937. The molecular weight excluding hydrogens is 290 g/mol. The van der Waals surface area contributed by atoms with Crippen LogP contribution in [0.2, 0.25) is 0 Å². The van der Waals surface area contributed by atoms with Crippen molar-refractivity contribution in [3.63, 3.8) is 0 Å². The normalized spacial score (nSPS) is 13.8. The lowest BCUT2D eigenvalue weighted by Crippen LogP contribution is -2.36. The summed E-state index contributed by atoms with van der Waals surface area (Å²) in [6, 6.07) is 7.78. The minimum Gasteiger partial charge on any atom is -0.497 e. The molecule has 2 rings (SSSR count). The van der Waals surface area contributed by atoms with E-state index in [0.29, 0.717) is 12.3 Å². The van der Waals surface area contributed by atoms with E-state index in [9.17, 15) is 9.59 Å². The van der Waals surface area contributed by atoms with Crippen LogP contribution in [0, 0.1) is 0 Å². The maximum absolute atomic E-state index is 12.2. The van der Waals surface area contributed by atoms with Crippen LogP contribution in [0.15, 0.2) is 29.2 Å². The first-order chi connectivity index (χ1) is 10.1. The summed E-state index contributed by atoms with van der Waals surface area (Å²) in [5.74, 6) is 0.269. The van der Waals surface area contributed by atoms with Gasteiger partial charge in [0, 0.05) is 17.5 Å². The van der Waals surface area contributed by atoms with Gasteiger partial charge in [0.2, 0.25) is 5.91 Å². The van der Waals surface area contributed by atoms with Gasteiger partial charge in [0.25, 0.3) is 0 Å². The minimum atomic E-state index is -0.865. The Kier molecular flexibility index (Phi) is 5.50. The number of aliphatic carboxylic acids is 1. The van der Waals surface area contributed by atoms with E-state index >= 15 is 0 Å². The molecule has 1 N–H and O–H groups in total. The molecule has 5 nitrogen and oxygen atoms in total. The molecule has 0 aromatic heterocycles. The fourth-order valence-corrected chi connectivity index (χ4v) is 2.80. The second-order valence-corrected chi connectivity index (χ2v) is 5.98. The Hall–Kier alpha value is -1.69. The SMILES string of the molecule is COc1ccc(SCC(=O)N(CCC(=O)O)C2CC2)cc1. The number of benzene rings is 1. The summed E-state index contributed by atoms with van der Waals surface area (Å²) >= 11 is 1.46. The zero-order valence-corrected chi connectivity index (χ0v) is 12.8. The van der Waals surface area contributed by atoms with Crippen LogP contribution in [-0.2, 0) is 9.59 Å². The Bertz CT molecular complexity index is 499. The molecule has 0 radical (unpaired) electrons. The monoisotopic (exact) mass is 309 g/mol. The molecule has 1 saturated carbocycles. The smallest absolute Gasteiger partial charge is 0.305 e. The molecule has 1 aliphatic carbocycles. The molecule has 1 fully saturated rings. The number of carboxylic acid groups (broad SMARTS) is 1. The highest BCUT2D eigenvalue weighted by Gasteiger charge is 2.32. The second-order valence-electron chi connectivity index (χ2n) is 4.93. The van der Waals surface area contributed by atoms with E-state index in [0.717, 1.165) is 23.5 Å². The summed E-state index contributed by atoms with van der Waals surface area (Å²) in [5.41, 5.74) is 0. The van der Waals surface area contributed by atoms with Crippen LogP contribution in [0.5, 0.6) is 5.75 Å². The summed E-state index contributed by atoms with van der Waals surface area (Å²) in [7, 11) is 1.61. The number of carboxylic acids is 1. The highest BCUT2D eigenvalue weighted by Crippen LogP contribution is 2.29. The zero-order chi connectivity index (χ0) is 15.2. The number of methoxy groups -OCH3 is 1. The number of rotatable bonds is 8. The number of ether oxygens (including phenoxy) is 1. The van der Waals surface area contributed by atoms with Crippen LogP contribution in [-0.4, -0.2) is 47.3 Å². The molecule has 0 spiro atoms. The molecule has 0 heterocycles. The number of hydrogen-bond donors (Lipinski definition) is 1. The topological polar surface area (TPSA) is 66.8 Å². The Balaban J connectivity index is 1.84. The van der Waals surface area contributed by atoms with Gasteiger partial charge in [0.15, 0.2) is 0 Å². The number of carbonyl (C=O) groups excluding carboxylic acids is 1. The van der Waals surface area contributed by atoms with Gasteiger partial charge in [-0.1, -0.05) is 0 Å². The van der Waals surface area contributed by atoms with Gasteiger partial charge in [-0.2, -0.15) is 0 Å². The van der Waals surface area contributed by atoms with Crippen molar-refractivity contribution in [2.75, 3.05) is 19.4 Å². The van der Waals surface area contributed by atoms with Crippen LogP contribution >= 0.6 is 11.8 Å². The highest BCUT2D eigenvalue weighted by atomic mass is 32.2. The summed E-state index contributed by atoms with van der Waals surface area (Å²) < 4.78 is 5.09. The predicted molar refractivity (Wildman–Crippen MR) is 80.7 cm³/mol. The van der Waals surface area contributed by atoms with Crippen molar-refractivity contribution in [3.05, 3.63) is 24.3 Å². The van der Waals surface area contributed by atoms with Gasteiger partial charge in [-0.05, 0) is 37.1 Å². The van der Waals surface area contributed by atoms with Gasteiger partial charge in [-0.15, -0.1) is 11.8 Å². The Labute approximate surface area is 128 Å². The molecule has 0 bridgehead atoms. The average molecular weight is 309 g/mol. The van der Waals surface area contributed by atoms with Gasteiger partial charge >= 0.3 is 5.97 Å². The van der Waals surface area contributed by atoms with Crippen LogP contribution in [0.4, 0.5) is 0 Å². The molecule has 0 saturated heterocycles. The van der Waals surface area contributed by atoms with Crippen LogP contribution in [0.3, 0.4) is 0 Å². The number of thioether (sulfide) groups is 1. The molecule has 0 aliphatic heterocycles. The van der Waals surface area contributed by atoms with E-state index in [-0.39, 0.29) is 18.4 Å². The number of carbonyl (C=O) groups is 2. The van der Waals surface area contributed by atoms with Gasteiger partial charge in [-0.3, -0.25) is 9.59 Å². The molecule has 1 aromatic rings. The van der Waals surface area contributed by atoms with Gasteiger partial charge < -0.3 is 14.7 Å². The number of amides is 1.